The molecule has 0 amide bonds. The zero-order chi connectivity index (χ0) is 21.8. The second kappa shape index (κ2) is 9.94. The van der Waals surface area contributed by atoms with Crippen LogP contribution in [0.15, 0.2) is 23.1 Å². The van der Waals surface area contributed by atoms with E-state index in [0.717, 1.165) is 12.0 Å². The molecular formula is C22H34N2O4S. The van der Waals surface area contributed by atoms with Gasteiger partial charge in [-0.25, -0.2) is 8.42 Å². The van der Waals surface area contributed by atoms with E-state index in [1.165, 1.54) is 4.31 Å². The summed E-state index contributed by atoms with van der Waals surface area (Å²) in [6.07, 6.45) is 0.588. The van der Waals surface area contributed by atoms with Gasteiger partial charge in [-0.15, -0.1) is 0 Å². The highest BCUT2D eigenvalue weighted by Crippen LogP contribution is 2.34. The predicted molar refractivity (Wildman–Crippen MR) is 115 cm³/mol. The number of ether oxygens (including phenoxy) is 1. The van der Waals surface area contributed by atoms with Crippen LogP contribution in [-0.2, 0) is 10.0 Å². The van der Waals surface area contributed by atoms with Crippen LogP contribution in [0.1, 0.15) is 39.7 Å². The summed E-state index contributed by atoms with van der Waals surface area (Å²) in [4.78, 5) is 2.16. The lowest BCUT2D eigenvalue weighted by Crippen LogP contribution is -2.49. The molecule has 162 valence electrons. The van der Waals surface area contributed by atoms with Gasteiger partial charge in [0.05, 0.1) is 6.61 Å². The first-order valence-electron chi connectivity index (χ1n) is 10.1. The van der Waals surface area contributed by atoms with Gasteiger partial charge in [-0.1, -0.05) is 32.6 Å². The number of aliphatic hydroxyl groups excluding tert-OH is 1. The van der Waals surface area contributed by atoms with Crippen molar-refractivity contribution in [3.05, 3.63) is 23.8 Å². The van der Waals surface area contributed by atoms with E-state index >= 15 is 0 Å². The van der Waals surface area contributed by atoms with Crippen LogP contribution in [0.25, 0.3) is 0 Å². The summed E-state index contributed by atoms with van der Waals surface area (Å²) >= 11 is 0. The largest absolute Gasteiger partial charge is 0.487 e. The first-order valence-corrected chi connectivity index (χ1v) is 11.6. The summed E-state index contributed by atoms with van der Waals surface area (Å²) in [5.41, 5.74) is 0.734. The Bertz CT molecular complexity index is 855. The van der Waals surface area contributed by atoms with E-state index in [1.807, 2.05) is 25.9 Å². The first-order chi connectivity index (χ1) is 13.6. The van der Waals surface area contributed by atoms with Crippen LogP contribution in [0.3, 0.4) is 0 Å². The van der Waals surface area contributed by atoms with Crippen LogP contribution < -0.4 is 4.74 Å². The Morgan fingerprint density at radius 2 is 2.00 bits per heavy atom. The Hall–Kier alpha value is -1.59. The van der Waals surface area contributed by atoms with Gasteiger partial charge in [0.15, 0.2) is 0 Å². The van der Waals surface area contributed by atoms with Gasteiger partial charge < -0.3 is 14.7 Å². The number of aliphatic hydroxyl groups is 1. The summed E-state index contributed by atoms with van der Waals surface area (Å²) in [5.74, 6) is 7.00. The molecule has 1 aromatic rings. The highest BCUT2D eigenvalue weighted by Gasteiger charge is 2.37. The van der Waals surface area contributed by atoms with Crippen molar-refractivity contribution in [3.63, 3.8) is 0 Å². The molecule has 6 nitrogen and oxygen atoms in total. The average Bonchev–Trinajstić information content (AvgIpc) is 2.63. The van der Waals surface area contributed by atoms with Crippen LogP contribution in [0.5, 0.6) is 5.75 Å². The van der Waals surface area contributed by atoms with E-state index in [-0.39, 0.29) is 30.1 Å². The van der Waals surface area contributed by atoms with E-state index in [1.54, 1.807) is 25.1 Å². The van der Waals surface area contributed by atoms with Crippen molar-refractivity contribution in [1.82, 2.24) is 9.21 Å². The maximum atomic E-state index is 13.4. The number of hydrogen-bond donors (Lipinski definition) is 1. The molecule has 0 radical (unpaired) electrons. The van der Waals surface area contributed by atoms with E-state index in [4.69, 9.17) is 4.74 Å². The molecule has 7 heteroatoms. The summed E-state index contributed by atoms with van der Waals surface area (Å²) in [6, 6.07) is 4.51. The number of hydrogen-bond acceptors (Lipinski definition) is 5. The fraction of sp³-hybridized carbons (Fsp3) is 0.636. The smallest absolute Gasteiger partial charge is 0.247 e. The SMILES string of the molecule is CC(C)CC#Cc1ccc2c(c1)O[C@@H](CN(C)C)[C@H](C)CN([C@@H](C)CO)S2(=O)=O. The number of benzene rings is 1. The number of likely N-dealkylation sites (N-methyl/N-ethyl adjacent to an activating group) is 1. The standard InChI is InChI=1S/C22H34N2O4S/c1-16(2)8-7-9-19-10-11-22-20(12-19)28-21(14-23(5)6)17(3)13-24(18(4)15-25)29(22,26)27/h10-12,16-18,21,25H,8,13-15H2,1-6H3/t17-,18+,21+/m1/s1. The van der Waals surface area contributed by atoms with Crippen LogP contribution in [0.4, 0.5) is 0 Å². The molecule has 0 spiro atoms. The van der Waals surface area contributed by atoms with Gasteiger partial charge in [0.2, 0.25) is 10.0 Å². The maximum absolute atomic E-state index is 13.4. The van der Waals surface area contributed by atoms with E-state index < -0.39 is 16.1 Å². The molecule has 0 bridgehead atoms. The third-order valence-corrected chi connectivity index (χ3v) is 6.97. The van der Waals surface area contributed by atoms with Gasteiger partial charge >= 0.3 is 0 Å². The zero-order valence-electron chi connectivity index (χ0n) is 18.3. The predicted octanol–water partition coefficient (Wildman–Crippen LogP) is 2.41. The second-order valence-corrected chi connectivity index (χ2v) is 10.4. The molecule has 1 aromatic carbocycles. The average molecular weight is 423 g/mol. The molecular weight excluding hydrogens is 388 g/mol. The summed E-state index contributed by atoms with van der Waals surface area (Å²) in [6.45, 7) is 8.63. The Morgan fingerprint density at radius 1 is 1.31 bits per heavy atom. The fourth-order valence-corrected chi connectivity index (χ4v) is 5.06. The molecule has 1 aliphatic rings. The molecule has 0 fully saturated rings. The van der Waals surface area contributed by atoms with Gasteiger partial charge in [0.25, 0.3) is 0 Å². The molecule has 2 rings (SSSR count). The minimum Gasteiger partial charge on any atom is -0.487 e. The summed E-state index contributed by atoms with van der Waals surface area (Å²) < 4.78 is 34.4. The van der Waals surface area contributed by atoms with Crippen LogP contribution in [-0.4, -0.2) is 68.7 Å². The molecule has 0 saturated carbocycles. The minimum atomic E-state index is -3.80. The Morgan fingerprint density at radius 3 is 2.59 bits per heavy atom. The van der Waals surface area contributed by atoms with Gasteiger partial charge in [0.1, 0.15) is 16.7 Å². The Kier molecular flexibility index (Phi) is 8.12. The quantitative estimate of drug-likeness (QED) is 0.738. The molecule has 3 atom stereocenters. The molecule has 0 saturated heterocycles. The molecule has 0 aromatic heterocycles. The minimum absolute atomic E-state index is 0.0509. The summed E-state index contributed by atoms with van der Waals surface area (Å²) in [7, 11) is 0.130. The normalized spacial score (nSPS) is 22.8. The molecule has 0 aliphatic carbocycles. The number of fused-ring (bicyclic) bond motifs is 1. The third kappa shape index (κ3) is 5.95. The Labute approximate surface area is 175 Å². The van der Waals surface area contributed by atoms with Crippen molar-refractivity contribution in [2.45, 2.75) is 51.2 Å². The first kappa shape index (κ1) is 23.7. The van der Waals surface area contributed by atoms with Crippen LogP contribution >= 0.6 is 0 Å². The third-order valence-electron chi connectivity index (χ3n) is 4.96. The molecule has 0 unspecified atom stereocenters. The van der Waals surface area contributed by atoms with Crippen LogP contribution in [0.2, 0.25) is 0 Å². The van der Waals surface area contributed by atoms with Gasteiger partial charge in [-0.05, 0) is 45.1 Å². The van der Waals surface area contributed by atoms with E-state index in [2.05, 4.69) is 25.7 Å². The van der Waals surface area contributed by atoms with Crippen LogP contribution in [0, 0.1) is 23.7 Å². The van der Waals surface area contributed by atoms with Crippen molar-refractivity contribution in [2.75, 3.05) is 33.8 Å². The molecule has 1 aliphatic heterocycles. The topological polar surface area (TPSA) is 70.1 Å². The van der Waals surface area contributed by atoms with Crippen molar-refractivity contribution in [1.29, 1.82) is 0 Å². The lowest BCUT2D eigenvalue weighted by atomic mass is 10.0. The van der Waals surface area contributed by atoms with E-state index in [0.29, 0.717) is 18.2 Å². The van der Waals surface area contributed by atoms with Crippen molar-refractivity contribution in [2.24, 2.45) is 11.8 Å². The fourth-order valence-electron chi connectivity index (χ4n) is 3.24. The molecule has 1 heterocycles. The van der Waals surface area contributed by atoms with Gasteiger partial charge in [-0.3, -0.25) is 0 Å². The second-order valence-electron chi connectivity index (χ2n) is 8.56. The summed E-state index contributed by atoms with van der Waals surface area (Å²) in [5, 5.41) is 9.65. The van der Waals surface area contributed by atoms with Gasteiger partial charge in [-0.2, -0.15) is 4.31 Å². The maximum Gasteiger partial charge on any atom is 0.247 e. The number of nitrogens with zero attached hydrogens (tertiary/aromatic N) is 2. The lowest BCUT2D eigenvalue weighted by molar-refractivity contribution is 0.0812. The number of sulfonamides is 1. The van der Waals surface area contributed by atoms with E-state index in [9.17, 15) is 13.5 Å². The monoisotopic (exact) mass is 422 g/mol. The van der Waals surface area contributed by atoms with Crippen molar-refractivity contribution < 1.29 is 18.3 Å². The molecule has 29 heavy (non-hydrogen) atoms. The molecule has 1 N–H and O–H groups in total. The Balaban J connectivity index is 2.56. The number of rotatable bonds is 5. The highest BCUT2D eigenvalue weighted by molar-refractivity contribution is 7.89. The highest BCUT2D eigenvalue weighted by atomic mass is 32.2. The van der Waals surface area contributed by atoms with Crippen molar-refractivity contribution in [3.8, 4) is 17.6 Å². The van der Waals surface area contributed by atoms with Gasteiger partial charge in [0, 0.05) is 37.0 Å². The lowest BCUT2D eigenvalue weighted by Gasteiger charge is -2.37. The zero-order valence-corrected chi connectivity index (χ0v) is 19.2. The van der Waals surface area contributed by atoms with Crippen molar-refractivity contribution >= 4 is 10.0 Å².